The summed E-state index contributed by atoms with van der Waals surface area (Å²) in [5.74, 6) is -0.0610. The topological polar surface area (TPSA) is 49.8 Å². The second kappa shape index (κ2) is 35.8. The molecular weight excluding hydrogens is 518 g/mol. The number of hydrogen-bond donors (Lipinski definition) is 1. The summed E-state index contributed by atoms with van der Waals surface area (Å²) in [6.07, 6.45) is 42.2. The van der Waals surface area contributed by atoms with Crippen molar-refractivity contribution in [3.63, 3.8) is 0 Å². The van der Waals surface area contributed by atoms with Crippen LogP contribution in [0.1, 0.15) is 168 Å². The number of rotatable bonds is 33. The normalized spacial score (nSPS) is 12.1. The molecule has 0 fully saturated rings. The Morgan fingerprint density at radius 1 is 0.548 bits per heavy atom. The van der Waals surface area contributed by atoms with Crippen LogP contribution in [0, 0.1) is 0 Å². The van der Waals surface area contributed by atoms with Gasteiger partial charge in [-0.3, -0.25) is 4.79 Å². The number of nitrogens with zero attached hydrogens (tertiary/aromatic N) is 1. The predicted octanol–water partition coefficient (Wildman–Crippen LogP) is 10.9. The van der Waals surface area contributed by atoms with Crippen LogP contribution >= 0.6 is 0 Å². The van der Waals surface area contributed by atoms with E-state index < -0.39 is 0 Å². The maximum atomic E-state index is 11.9. The Labute approximate surface area is 262 Å². The molecular formula is C38H71NO3. The van der Waals surface area contributed by atoms with Crippen LogP contribution in [0.25, 0.3) is 0 Å². The van der Waals surface area contributed by atoms with Gasteiger partial charge in [-0.1, -0.05) is 127 Å². The van der Waals surface area contributed by atoms with Crippen LogP contribution in [0.3, 0.4) is 0 Å². The number of unbranched alkanes of at least 4 members (excludes halogenated alkanes) is 17. The lowest BCUT2D eigenvalue weighted by atomic mass is 10.1. The summed E-state index contributed by atoms with van der Waals surface area (Å²) in [4.78, 5) is 14.4. The molecule has 42 heavy (non-hydrogen) atoms. The summed E-state index contributed by atoms with van der Waals surface area (Å²) in [6, 6.07) is 0. The van der Waals surface area contributed by atoms with Crippen LogP contribution < -0.4 is 0 Å². The van der Waals surface area contributed by atoms with E-state index in [2.05, 4.69) is 49.1 Å². The molecule has 0 saturated carbocycles. The molecule has 0 rings (SSSR count). The average Bonchev–Trinajstić information content (AvgIpc) is 3.00. The smallest absolute Gasteiger partial charge is 0.306 e. The molecule has 0 aliphatic heterocycles. The molecule has 0 aliphatic carbocycles. The Morgan fingerprint density at radius 3 is 1.60 bits per heavy atom. The van der Waals surface area contributed by atoms with Crippen molar-refractivity contribution in [1.29, 1.82) is 0 Å². The first-order chi connectivity index (χ1) is 20.7. The standard InChI is InChI=1S/C38H71NO3/c1-3-5-7-9-11-12-13-14-15-16-17-18-19-20-24-28-33-39(35-31-36-40)34-29-25-22-23-27-32-38(41)42-37-30-26-21-10-8-6-4-2/h11-12,14-15,26,30,40H,3-10,13,16-25,27-29,31-37H2,1-2H3/b12-11-,15-14-,30-26-. The number of esters is 1. The number of ether oxygens (including phenoxy) is 1. The number of carbonyl (C=O) groups excluding carboxylic acids is 1. The summed E-state index contributed by atoms with van der Waals surface area (Å²) in [7, 11) is 0. The highest BCUT2D eigenvalue weighted by atomic mass is 16.5. The molecule has 0 unspecified atom stereocenters. The van der Waals surface area contributed by atoms with Crippen LogP contribution in [0.15, 0.2) is 36.5 Å². The molecule has 0 atom stereocenters. The molecule has 0 aromatic rings. The van der Waals surface area contributed by atoms with Crippen LogP contribution in [-0.2, 0) is 9.53 Å². The van der Waals surface area contributed by atoms with Gasteiger partial charge in [0.15, 0.2) is 0 Å². The molecule has 246 valence electrons. The van der Waals surface area contributed by atoms with Gasteiger partial charge in [0.1, 0.15) is 6.61 Å². The molecule has 0 saturated heterocycles. The first-order valence-electron chi connectivity index (χ1n) is 18.2. The largest absolute Gasteiger partial charge is 0.461 e. The fraction of sp³-hybridized carbons (Fsp3) is 0.816. The fourth-order valence-electron chi connectivity index (χ4n) is 5.18. The zero-order valence-electron chi connectivity index (χ0n) is 28.2. The van der Waals surface area contributed by atoms with E-state index in [4.69, 9.17) is 4.74 Å². The number of carbonyl (C=O) groups is 1. The molecule has 0 heterocycles. The molecule has 1 N–H and O–H groups in total. The number of aliphatic hydroxyl groups excluding tert-OH is 1. The predicted molar refractivity (Wildman–Crippen MR) is 184 cm³/mol. The third-order valence-corrected chi connectivity index (χ3v) is 7.89. The highest BCUT2D eigenvalue weighted by Gasteiger charge is 2.05. The van der Waals surface area contributed by atoms with Crippen molar-refractivity contribution in [1.82, 2.24) is 4.90 Å². The van der Waals surface area contributed by atoms with Gasteiger partial charge in [0.05, 0.1) is 0 Å². The second-order valence-electron chi connectivity index (χ2n) is 12.0. The van der Waals surface area contributed by atoms with Crippen molar-refractivity contribution in [2.75, 3.05) is 32.8 Å². The van der Waals surface area contributed by atoms with Gasteiger partial charge in [-0.2, -0.15) is 0 Å². The summed E-state index contributed by atoms with van der Waals surface area (Å²) in [6.45, 7) is 8.49. The molecule has 0 aliphatic rings. The molecule has 0 spiro atoms. The lowest BCUT2D eigenvalue weighted by Gasteiger charge is -2.22. The van der Waals surface area contributed by atoms with Crippen molar-refractivity contribution < 1.29 is 14.6 Å². The van der Waals surface area contributed by atoms with Gasteiger partial charge in [0.2, 0.25) is 0 Å². The van der Waals surface area contributed by atoms with Gasteiger partial charge >= 0.3 is 5.97 Å². The molecule has 0 radical (unpaired) electrons. The Morgan fingerprint density at radius 2 is 1.00 bits per heavy atom. The SMILES string of the molecule is CCCCC/C=C\C/C=C\CCCCCCCCN(CCCO)CCCCCCCC(=O)OC/C=C\CCCCCC. The molecule has 0 aromatic carbocycles. The van der Waals surface area contributed by atoms with Gasteiger partial charge in [-0.15, -0.1) is 0 Å². The molecule has 0 bridgehead atoms. The van der Waals surface area contributed by atoms with Gasteiger partial charge in [-0.05, 0) is 83.7 Å². The van der Waals surface area contributed by atoms with E-state index in [1.54, 1.807) is 0 Å². The van der Waals surface area contributed by atoms with Crippen molar-refractivity contribution in [2.24, 2.45) is 0 Å². The zero-order valence-corrected chi connectivity index (χ0v) is 28.2. The fourth-order valence-corrected chi connectivity index (χ4v) is 5.18. The summed E-state index contributed by atoms with van der Waals surface area (Å²) in [5, 5.41) is 9.29. The van der Waals surface area contributed by atoms with Crippen molar-refractivity contribution in [3.8, 4) is 0 Å². The quantitative estimate of drug-likeness (QED) is 0.0470. The van der Waals surface area contributed by atoms with Crippen LogP contribution in [0.5, 0.6) is 0 Å². The maximum absolute atomic E-state index is 11.9. The van der Waals surface area contributed by atoms with E-state index in [1.807, 2.05) is 6.08 Å². The molecule has 4 nitrogen and oxygen atoms in total. The number of hydrogen-bond acceptors (Lipinski definition) is 4. The van der Waals surface area contributed by atoms with Crippen molar-refractivity contribution in [3.05, 3.63) is 36.5 Å². The Kier molecular flexibility index (Phi) is 34.6. The van der Waals surface area contributed by atoms with E-state index in [1.165, 1.54) is 116 Å². The lowest BCUT2D eigenvalue weighted by molar-refractivity contribution is -0.142. The first kappa shape index (κ1) is 40.6. The van der Waals surface area contributed by atoms with E-state index in [0.29, 0.717) is 13.0 Å². The van der Waals surface area contributed by atoms with Crippen LogP contribution in [0.4, 0.5) is 0 Å². The van der Waals surface area contributed by atoms with Gasteiger partial charge < -0.3 is 14.7 Å². The van der Waals surface area contributed by atoms with Crippen LogP contribution in [0.2, 0.25) is 0 Å². The highest BCUT2D eigenvalue weighted by molar-refractivity contribution is 5.69. The highest BCUT2D eigenvalue weighted by Crippen LogP contribution is 2.11. The first-order valence-corrected chi connectivity index (χ1v) is 18.2. The second-order valence-corrected chi connectivity index (χ2v) is 12.0. The summed E-state index contributed by atoms with van der Waals surface area (Å²) in [5.41, 5.74) is 0. The van der Waals surface area contributed by atoms with Crippen LogP contribution in [-0.4, -0.2) is 48.8 Å². The minimum Gasteiger partial charge on any atom is -0.461 e. The average molecular weight is 590 g/mol. The minimum absolute atomic E-state index is 0.0610. The minimum atomic E-state index is -0.0610. The van der Waals surface area contributed by atoms with Gasteiger partial charge in [-0.25, -0.2) is 0 Å². The van der Waals surface area contributed by atoms with Gasteiger partial charge in [0, 0.05) is 19.6 Å². The van der Waals surface area contributed by atoms with E-state index >= 15 is 0 Å². The molecule has 0 amide bonds. The summed E-state index contributed by atoms with van der Waals surface area (Å²) < 4.78 is 5.32. The summed E-state index contributed by atoms with van der Waals surface area (Å²) >= 11 is 0. The molecule has 4 heteroatoms. The third-order valence-electron chi connectivity index (χ3n) is 7.89. The molecule has 0 aromatic heterocycles. The van der Waals surface area contributed by atoms with E-state index in [0.717, 1.165) is 51.7 Å². The van der Waals surface area contributed by atoms with Crippen molar-refractivity contribution in [2.45, 2.75) is 168 Å². The number of aliphatic hydroxyl groups is 1. The number of allylic oxidation sites excluding steroid dienone is 5. The third kappa shape index (κ3) is 33.1. The lowest BCUT2D eigenvalue weighted by Crippen LogP contribution is -2.27. The van der Waals surface area contributed by atoms with E-state index in [9.17, 15) is 9.90 Å². The van der Waals surface area contributed by atoms with Crippen molar-refractivity contribution >= 4 is 5.97 Å². The monoisotopic (exact) mass is 590 g/mol. The Hall–Kier alpha value is -1.39. The Balaban J connectivity index is 3.66. The zero-order chi connectivity index (χ0) is 30.6. The maximum Gasteiger partial charge on any atom is 0.306 e. The Bertz CT molecular complexity index is 628. The van der Waals surface area contributed by atoms with E-state index in [-0.39, 0.29) is 12.6 Å². The van der Waals surface area contributed by atoms with Gasteiger partial charge in [0.25, 0.3) is 0 Å².